The van der Waals surface area contributed by atoms with Gasteiger partial charge in [-0.3, -0.25) is 14.9 Å². The van der Waals surface area contributed by atoms with Gasteiger partial charge in [-0.25, -0.2) is 0 Å². The van der Waals surface area contributed by atoms with Crippen LogP contribution in [0.3, 0.4) is 0 Å². The molecule has 1 amide bonds. The monoisotopic (exact) mass is 249 g/mol. The van der Waals surface area contributed by atoms with E-state index in [9.17, 15) is 14.9 Å². The molecule has 18 heavy (non-hydrogen) atoms. The van der Waals surface area contributed by atoms with Gasteiger partial charge in [0.05, 0.1) is 16.2 Å². The van der Waals surface area contributed by atoms with E-state index in [1.807, 2.05) is 0 Å². The van der Waals surface area contributed by atoms with Crippen molar-refractivity contribution in [3.05, 3.63) is 33.9 Å². The van der Waals surface area contributed by atoms with Crippen LogP contribution < -0.4 is 5.32 Å². The van der Waals surface area contributed by atoms with Gasteiger partial charge in [0, 0.05) is 25.2 Å². The van der Waals surface area contributed by atoms with E-state index in [4.69, 9.17) is 10.4 Å². The molecule has 0 saturated heterocycles. The van der Waals surface area contributed by atoms with Gasteiger partial charge in [-0.05, 0) is 12.5 Å². The zero-order valence-corrected chi connectivity index (χ0v) is 9.42. The van der Waals surface area contributed by atoms with Crippen LogP contribution in [0.2, 0.25) is 0 Å². The predicted octanol–water partition coefficient (Wildman–Crippen LogP) is 1.18. The average molecular weight is 249 g/mol. The molecule has 0 aliphatic rings. The Balaban J connectivity index is 2.87. The normalized spacial score (nSPS) is 9.56. The number of anilines is 1. The number of nitrogens with one attached hydrogen (secondary N) is 1. The van der Waals surface area contributed by atoms with E-state index in [2.05, 4.69) is 5.32 Å². The molecule has 0 bridgehead atoms. The Bertz CT molecular complexity index is 508. The number of aliphatic hydroxyl groups excluding tert-OH is 1. The number of benzene rings is 1. The number of amides is 1. The fourth-order valence-electron chi connectivity index (χ4n) is 1.30. The molecule has 1 rings (SSSR count). The summed E-state index contributed by atoms with van der Waals surface area (Å²) in [7, 11) is 0. The van der Waals surface area contributed by atoms with Crippen molar-refractivity contribution in [1.82, 2.24) is 0 Å². The van der Waals surface area contributed by atoms with Crippen molar-refractivity contribution in [3.63, 3.8) is 0 Å². The van der Waals surface area contributed by atoms with Crippen molar-refractivity contribution in [2.45, 2.75) is 12.8 Å². The number of carbonyl (C=O) groups excluding carboxylic acids is 1. The molecule has 0 aliphatic carbocycles. The van der Waals surface area contributed by atoms with Gasteiger partial charge < -0.3 is 10.4 Å². The Hall–Kier alpha value is -2.46. The number of aliphatic hydroxyl groups is 1. The van der Waals surface area contributed by atoms with Gasteiger partial charge in [0.25, 0.3) is 5.69 Å². The maximum atomic E-state index is 11.4. The van der Waals surface area contributed by atoms with Crippen molar-refractivity contribution < 1.29 is 14.8 Å². The summed E-state index contributed by atoms with van der Waals surface area (Å²) in [6, 6.07) is 5.41. The third-order valence-corrected chi connectivity index (χ3v) is 2.17. The van der Waals surface area contributed by atoms with Crippen molar-refractivity contribution in [1.29, 1.82) is 5.26 Å². The SMILES string of the molecule is N#Cc1cc([N+](=O)[O-])ccc1NC(=O)CCCO. The molecule has 1 aromatic rings. The Morgan fingerprint density at radius 1 is 1.56 bits per heavy atom. The highest BCUT2D eigenvalue weighted by Crippen LogP contribution is 2.21. The minimum absolute atomic E-state index is 0.0292. The van der Waals surface area contributed by atoms with Crippen LogP contribution in [0.1, 0.15) is 18.4 Å². The number of nitriles is 1. The molecule has 0 atom stereocenters. The molecule has 0 fully saturated rings. The minimum atomic E-state index is -0.613. The van der Waals surface area contributed by atoms with Crippen LogP contribution in [0.5, 0.6) is 0 Å². The molecule has 7 heteroatoms. The molecule has 0 aromatic heterocycles. The largest absolute Gasteiger partial charge is 0.396 e. The summed E-state index contributed by atoms with van der Waals surface area (Å²) < 4.78 is 0. The minimum Gasteiger partial charge on any atom is -0.396 e. The maximum Gasteiger partial charge on any atom is 0.270 e. The van der Waals surface area contributed by atoms with Gasteiger partial charge in [0.15, 0.2) is 0 Å². The van der Waals surface area contributed by atoms with Crippen LogP contribution in [-0.4, -0.2) is 22.5 Å². The lowest BCUT2D eigenvalue weighted by Crippen LogP contribution is -2.12. The lowest BCUT2D eigenvalue weighted by Gasteiger charge is -2.06. The molecule has 0 saturated carbocycles. The number of hydrogen-bond donors (Lipinski definition) is 2. The van der Waals surface area contributed by atoms with E-state index in [1.54, 1.807) is 6.07 Å². The zero-order chi connectivity index (χ0) is 13.5. The first kappa shape index (κ1) is 13.6. The topological polar surface area (TPSA) is 116 Å². The quantitative estimate of drug-likeness (QED) is 0.600. The van der Waals surface area contributed by atoms with Gasteiger partial charge in [-0.2, -0.15) is 5.26 Å². The first-order valence-corrected chi connectivity index (χ1v) is 5.17. The Morgan fingerprint density at radius 3 is 2.83 bits per heavy atom. The third-order valence-electron chi connectivity index (χ3n) is 2.17. The highest BCUT2D eigenvalue weighted by molar-refractivity contribution is 5.92. The lowest BCUT2D eigenvalue weighted by molar-refractivity contribution is -0.384. The Kier molecular flexibility index (Phi) is 4.78. The first-order chi connectivity index (χ1) is 8.58. The number of non-ortho nitro benzene ring substituents is 1. The van der Waals surface area contributed by atoms with Gasteiger partial charge in [0.2, 0.25) is 5.91 Å². The molecule has 0 spiro atoms. The molecule has 0 unspecified atom stereocenters. The molecular weight excluding hydrogens is 238 g/mol. The van der Waals surface area contributed by atoms with Gasteiger partial charge >= 0.3 is 0 Å². The summed E-state index contributed by atoms with van der Waals surface area (Å²) in [5, 5.41) is 30.4. The van der Waals surface area contributed by atoms with E-state index in [0.29, 0.717) is 6.42 Å². The van der Waals surface area contributed by atoms with Crippen LogP contribution in [0.15, 0.2) is 18.2 Å². The summed E-state index contributed by atoms with van der Waals surface area (Å²) in [5.74, 6) is -0.352. The van der Waals surface area contributed by atoms with Crippen molar-refractivity contribution in [3.8, 4) is 6.07 Å². The molecule has 2 N–H and O–H groups in total. The number of rotatable bonds is 5. The molecule has 94 valence electrons. The summed E-state index contributed by atoms with van der Waals surface area (Å²) in [4.78, 5) is 21.3. The molecule has 7 nitrogen and oxygen atoms in total. The molecule has 0 radical (unpaired) electrons. The highest BCUT2D eigenvalue weighted by Gasteiger charge is 2.12. The molecular formula is C11H11N3O4. The number of nitro groups is 1. The van der Waals surface area contributed by atoms with Crippen molar-refractivity contribution in [2.75, 3.05) is 11.9 Å². The molecule has 0 aliphatic heterocycles. The van der Waals surface area contributed by atoms with E-state index in [-0.39, 0.29) is 35.9 Å². The van der Waals surface area contributed by atoms with E-state index < -0.39 is 4.92 Å². The van der Waals surface area contributed by atoms with Crippen molar-refractivity contribution >= 4 is 17.3 Å². The van der Waals surface area contributed by atoms with Crippen LogP contribution >= 0.6 is 0 Å². The van der Waals surface area contributed by atoms with E-state index in [1.165, 1.54) is 12.1 Å². The first-order valence-electron chi connectivity index (χ1n) is 5.17. The van der Waals surface area contributed by atoms with Crippen LogP contribution in [-0.2, 0) is 4.79 Å². The summed E-state index contributed by atoms with van der Waals surface area (Å²) in [5.41, 5.74) is 0.0486. The van der Waals surface area contributed by atoms with E-state index in [0.717, 1.165) is 6.07 Å². The molecule has 0 heterocycles. The fourth-order valence-corrected chi connectivity index (χ4v) is 1.30. The summed E-state index contributed by atoms with van der Waals surface area (Å²) >= 11 is 0. The zero-order valence-electron chi connectivity index (χ0n) is 9.42. The lowest BCUT2D eigenvalue weighted by atomic mass is 10.1. The Labute approximate surface area is 103 Å². The smallest absolute Gasteiger partial charge is 0.270 e. The number of hydrogen-bond acceptors (Lipinski definition) is 5. The van der Waals surface area contributed by atoms with Crippen LogP contribution in [0, 0.1) is 21.4 Å². The standard InChI is InChI=1S/C11H11N3O4/c12-7-8-6-9(14(17)18)3-4-10(8)13-11(16)2-1-5-15/h3-4,6,15H,1-2,5H2,(H,13,16). The Morgan fingerprint density at radius 2 is 2.28 bits per heavy atom. The maximum absolute atomic E-state index is 11.4. The van der Waals surface area contributed by atoms with E-state index >= 15 is 0 Å². The fraction of sp³-hybridized carbons (Fsp3) is 0.273. The third kappa shape index (κ3) is 3.54. The highest BCUT2D eigenvalue weighted by atomic mass is 16.6. The van der Waals surface area contributed by atoms with Gasteiger partial charge in [-0.15, -0.1) is 0 Å². The predicted molar refractivity (Wildman–Crippen MR) is 62.8 cm³/mol. The van der Waals surface area contributed by atoms with Crippen molar-refractivity contribution in [2.24, 2.45) is 0 Å². The second-order valence-electron chi connectivity index (χ2n) is 3.47. The van der Waals surface area contributed by atoms with Gasteiger partial charge in [-0.1, -0.05) is 0 Å². The second-order valence-corrected chi connectivity index (χ2v) is 3.47. The number of nitrogens with zero attached hydrogens (tertiary/aromatic N) is 2. The van der Waals surface area contributed by atoms with Gasteiger partial charge in [0.1, 0.15) is 6.07 Å². The average Bonchev–Trinajstić information content (AvgIpc) is 2.36. The summed E-state index contributed by atoms with van der Waals surface area (Å²) in [6.07, 6.45) is 0.444. The van der Waals surface area contributed by atoms with Crippen LogP contribution in [0.4, 0.5) is 11.4 Å². The van der Waals surface area contributed by atoms with Crippen LogP contribution in [0.25, 0.3) is 0 Å². The number of nitro benzene ring substituents is 1. The number of carbonyl (C=O) groups is 1. The summed E-state index contributed by atoms with van der Waals surface area (Å²) in [6.45, 7) is -0.0984. The second kappa shape index (κ2) is 6.32. The molecule has 1 aromatic carbocycles.